The first-order valence-electron chi connectivity index (χ1n) is 6.87. The zero-order valence-corrected chi connectivity index (χ0v) is 10.8. The summed E-state index contributed by atoms with van der Waals surface area (Å²) < 4.78 is 2.30. The van der Waals surface area contributed by atoms with Crippen LogP contribution in [0.25, 0.3) is 5.69 Å². The van der Waals surface area contributed by atoms with Gasteiger partial charge in [-0.1, -0.05) is 24.6 Å². The van der Waals surface area contributed by atoms with Gasteiger partial charge in [-0.3, -0.25) is 4.90 Å². The van der Waals surface area contributed by atoms with E-state index in [-0.39, 0.29) is 0 Å². The predicted molar refractivity (Wildman–Crippen MR) is 74.9 cm³/mol. The molecule has 18 heavy (non-hydrogen) atoms. The van der Waals surface area contributed by atoms with E-state index in [2.05, 4.69) is 58.1 Å². The van der Waals surface area contributed by atoms with Crippen molar-refractivity contribution in [3.05, 3.63) is 54.4 Å². The van der Waals surface area contributed by atoms with Crippen molar-refractivity contribution < 1.29 is 0 Å². The van der Waals surface area contributed by atoms with Crippen LogP contribution in [0, 0.1) is 0 Å². The number of benzene rings is 1. The second-order valence-electron chi connectivity index (χ2n) is 5.04. The minimum absolute atomic E-state index is 1.07. The van der Waals surface area contributed by atoms with E-state index >= 15 is 0 Å². The summed E-state index contributed by atoms with van der Waals surface area (Å²) in [6, 6.07) is 15.0. The number of rotatable bonds is 3. The van der Waals surface area contributed by atoms with Crippen LogP contribution in [0.3, 0.4) is 0 Å². The first kappa shape index (κ1) is 11.5. The van der Waals surface area contributed by atoms with Gasteiger partial charge in [-0.25, -0.2) is 0 Å². The molecule has 3 rings (SSSR count). The summed E-state index contributed by atoms with van der Waals surface area (Å²) >= 11 is 0. The fraction of sp³-hybridized carbons (Fsp3) is 0.375. The van der Waals surface area contributed by atoms with Gasteiger partial charge in [-0.2, -0.15) is 0 Å². The third-order valence-electron chi connectivity index (χ3n) is 3.70. The van der Waals surface area contributed by atoms with Gasteiger partial charge in [0.15, 0.2) is 0 Å². The average molecular weight is 240 g/mol. The van der Waals surface area contributed by atoms with Crippen LogP contribution >= 0.6 is 0 Å². The minimum atomic E-state index is 1.07. The molecule has 1 aromatic carbocycles. The van der Waals surface area contributed by atoms with Crippen molar-refractivity contribution in [1.82, 2.24) is 9.47 Å². The molecule has 2 nitrogen and oxygen atoms in total. The molecule has 1 aliphatic rings. The maximum atomic E-state index is 2.57. The van der Waals surface area contributed by atoms with Crippen molar-refractivity contribution in [1.29, 1.82) is 0 Å². The number of hydrogen-bond acceptors (Lipinski definition) is 1. The van der Waals surface area contributed by atoms with Crippen LogP contribution in [0.15, 0.2) is 48.7 Å². The first-order chi connectivity index (χ1) is 8.93. The van der Waals surface area contributed by atoms with Crippen LogP contribution in [-0.4, -0.2) is 22.6 Å². The quantitative estimate of drug-likeness (QED) is 0.797. The molecule has 1 aliphatic heterocycles. The lowest BCUT2D eigenvalue weighted by Crippen LogP contribution is -2.29. The van der Waals surface area contributed by atoms with Crippen molar-refractivity contribution >= 4 is 0 Å². The average Bonchev–Trinajstić information content (AvgIpc) is 2.89. The topological polar surface area (TPSA) is 8.17 Å². The SMILES string of the molecule is c1ccc(-n2cccc2CN2CCCCC2)cc1. The lowest BCUT2D eigenvalue weighted by molar-refractivity contribution is 0.217. The molecule has 0 aliphatic carbocycles. The monoisotopic (exact) mass is 240 g/mol. The summed E-state index contributed by atoms with van der Waals surface area (Å²) in [7, 11) is 0. The number of para-hydroxylation sites is 1. The molecule has 1 fully saturated rings. The second kappa shape index (κ2) is 5.40. The molecule has 0 atom stereocenters. The van der Waals surface area contributed by atoms with E-state index in [1.165, 1.54) is 43.7 Å². The Hall–Kier alpha value is -1.54. The van der Waals surface area contributed by atoms with Crippen LogP contribution in [0.2, 0.25) is 0 Å². The number of piperidine rings is 1. The summed E-state index contributed by atoms with van der Waals surface area (Å²) in [5, 5.41) is 0. The first-order valence-corrected chi connectivity index (χ1v) is 6.87. The number of hydrogen-bond donors (Lipinski definition) is 0. The Morgan fingerprint density at radius 2 is 1.61 bits per heavy atom. The molecule has 2 heteroatoms. The van der Waals surface area contributed by atoms with E-state index in [1.807, 2.05) is 0 Å². The lowest BCUT2D eigenvalue weighted by Gasteiger charge is -2.26. The normalized spacial score (nSPS) is 16.9. The van der Waals surface area contributed by atoms with Gasteiger partial charge in [0.1, 0.15) is 0 Å². The highest BCUT2D eigenvalue weighted by molar-refractivity contribution is 5.34. The zero-order valence-electron chi connectivity index (χ0n) is 10.8. The highest BCUT2D eigenvalue weighted by Gasteiger charge is 2.12. The summed E-state index contributed by atoms with van der Waals surface area (Å²) in [5.74, 6) is 0. The Labute approximate surface area is 109 Å². The van der Waals surface area contributed by atoms with E-state index in [4.69, 9.17) is 0 Å². The second-order valence-corrected chi connectivity index (χ2v) is 5.04. The Bertz CT molecular complexity index is 481. The molecule has 0 amide bonds. The maximum Gasteiger partial charge on any atom is 0.0452 e. The van der Waals surface area contributed by atoms with Gasteiger partial charge in [0.05, 0.1) is 0 Å². The Kier molecular flexibility index (Phi) is 3.47. The summed E-state index contributed by atoms with van der Waals surface area (Å²) in [4.78, 5) is 2.57. The van der Waals surface area contributed by atoms with Gasteiger partial charge in [-0.15, -0.1) is 0 Å². The van der Waals surface area contributed by atoms with E-state index < -0.39 is 0 Å². The van der Waals surface area contributed by atoms with Crippen molar-refractivity contribution in [3.8, 4) is 5.69 Å². The highest BCUT2D eigenvalue weighted by atomic mass is 15.1. The third-order valence-corrected chi connectivity index (χ3v) is 3.70. The number of nitrogens with zero attached hydrogens (tertiary/aromatic N) is 2. The fourth-order valence-electron chi connectivity index (χ4n) is 2.73. The van der Waals surface area contributed by atoms with Gasteiger partial charge in [-0.05, 0) is 50.2 Å². The molecule has 0 radical (unpaired) electrons. The molecule has 1 saturated heterocycles. The zero-order chi connectivity index (χ0) is 12.2. The molecule has 0 bridgehead atoms. The molecule has 2 heterocycles. The summed E-state index contributed by atoms with van der Waals surface area (Å²) in [5.41, 5.74) is 2.65. The standard InChI is InChI=1S/C16H20N2/c1-3-8-15(9-4-1)18-13-7-10-16(18)14-17-11-5-2-6-12-17/h1,3-4,7-10,13H,2,5-6,11-12,14H2. The summed E-state index contributed by atoms with van der Waals surface area (Å²) in [6.07, 6.45) is 6.27. The minimum Gasteiger partial charge on any atom is -0.320 e. The van der Waals surface area contributed by atoms with Crippen molar-refractivity contribution in [2.45, 2.75) is 25.8 Å². The summed E-state index contributed by atoms with van der Waals surface area (Å²) in [6.45, 7) is 3.57. The number of likely N-dealkylation sites (tertiary alicyclic amines) is 1. The highest BCUT2D eigenvalue weighted by Crippen LogP contribution is 2.17. The Morgan fingerprint density at radius 1 is 0.833 bits per heavy atom. The molecule has 94 valence electrons. The molecule has 0 N–H and O–H groups in total. The molecular weight excluding hydrogens is 220 g/mol. The van der Waals surface area contributed by atoms with Crippen LogP contribution < -0.4 is 0 Å². The largest absolute Gasteiger partial charge is 0.320 e. The molecule has 2 aromatic rings. The molecule has 0 saturated carbocycles. The molecule has 0 spiro atoms. The van der Waals surface area contributed by atoms with E-state index in [0.717, 1.165) is 6.54 Å². The van der Waals surface area contributed by atoms with E-state index in [0.29, 0.717) is 0 Å². The van der Waals surface area contributed by atoms with Crippen LogP contribution in [0.1, 0.15) is 25.0 Å². The van der Waals surface area contributed by atoms with Gasteiger partial charge < -0.3 is 4.57 Å². The van der Waals surface area contributed by atoms with Crippen molar-refractivity contribution in [2.75, 3.05) is 13.1 Å². The van der Waals surface area contributed by atoms with Gasteiger partial charge >= 0.3 is 0 Å². The molecular formula is C16H20N2. The van der Waals surface area contributed by atoms with Crippen LogP contribution in [0.5, 0.6) is 0 Å². The lowest BCUT2D eigenvalue weighted by atomic mass is 10.1. The Morgan fingerprint density at radius 3 is 2.39 bits per heavy atom. The van der Waals surface area contributed by atoms with Gasteiger partial charge in [0.2, 0.25) is 0 Å². The van der Waals surface area contributed by atoms with E-state index in [9.17, 15) is 0 Å². The van der Waals surface area contributed by atoms with Gasteiger partial charge in [0, 0.05) is 24.1 Å². The number of aromatic nitrogens is 1. The van der Waals surface area contributed by atoms with Crippen LogP contribution in [0.4, 0.5) is 0 Å². The molecule has 1 aromatic heterocycles. The smallest absolute Gasteiger partial charge is 0.0452 e. The third kappa shape index (κ3) is 2.49. The van der Waals surface area contributed by atoms with Crippen LogP contribution in [-0.2, 0) is 6.54 Å². The predicted octanol–water partition coefficient (Wildman–Crippen LogP) is 3.46. The van der Waals surface area contributed by atoms with Crippen molar-refractivity contribution in [2.24, 2.45) is 0 Å². The maximum absolute atomic E-state index is 2.57. The Balaban J connectivity index is 1.79. The molecule has 0 unspecified atom stereocenters. The van der Waals surface area contributed by atoms with Crippen molar-refractivity contribution in [3.63, 3.8) is 0 Å². The fourth-order valence-corrected chi connectivity index (χ4v) is 2.73. The van der Waals surface area contributed by atoms with E-state index in [1.54, 1.807) is 0 Å². The van der Waals surface area contributed by atoms with Gasteiger partial charge in [0.25, 0.3) is 0 Å².